The van der Waals surface area contributed by atoms with E-state index in [1.54, 1.807) is 13.0 Å². The minimum atomic E-state index is -0.272. The largest absolute Gasteiger partial charge is 0.456 e. The summed E-state index contributed by atoms with van der Waals surface area (Å²) in [5.74, 6) is -0.272. The Bertz CT molecular complexity index is 203. The average Bonchev–Trinajstić information content (AvgIpc) is 2.00. The van der Waals surface area contributed by atoms with Crippen LogP contribution in [0.4, 0.5) is 0 Å². The zero-order chi connectivity index (χ0) is 11.8. The van der Waals surface area contributed by atoms with Crippen molar-refractivity contribution in [2.45, 2.75) is 13.0 Å². The van der Waals surface area contributed by atoms with E-state index in [-0.39, 0.29) is 12.1 Å². The number of carbonyl (C=O) groups excluding carboxylic acids is 1. The van der Waals surface area contributed by atoms with Gasteiger partial charge < -0.3 is 14.5 Å². The van der Waals surface area contributed by atoms with Gasteiger partial charge in [-0.25, -0.2) is 4.79 Å². The van der Waals surface area contributed by atoms with Crippen LogP contribution in [0.15, 0.2) is 12.2 Å². The zero-order valence-corrected chi connectivity index (χ0v) is 10.4. The van der Waals surface area contributed by atoms with Gasteiger partial charge in [0.2, 0.25) is 0 Å². The smallest absolute Gasteiger partial charge is 0.330 e. The molecule has 0 saturated heterocycles. The van der Waals surface area contributed by atoms with Crippen LogP contribution < -0.4 is 0 Å². The minimum absolute atomic E-state index is 0.0845. The molecule has 0 fully saturated rings. The number of hydrogen-bond donors (Lipinski definition) is 0. The predicted molar refractivity (Wildman–Crippen MR) is 61.8 cm³/mol. The first-order valence-corrected chi connectivity index (χ1v) is 5.08. The molecule has 88 valence electrons. The molecular formula is C11H22N2O2. The summed E-state index contributed by atoms with van der Waals surface area (Å²) in [4.78, 5) is 15.3. The third kappa shape index (κ3) is 8.15. The van der Waals surface area contributed by atoms with Gasteiger partial charge in [0.15, 0.2) is 0 Å². The predicted octanol–water partition coefficient (Wildman–Crippen LogP) is 0.598. The molecule has 4 nitrogen and oxygen atoms in total. The number of nitrogens with zero attached hydrogens (tertiary/aromatic N) is 2. The summed E-state index contributed by atoms with van der Waals surface area (Å²) in [6, 6.07) is 0. The van der Waals surface area contributed by atoms with Crippen molar-refractivity contribution in [3.05, 3.63) is 12.2 Å². The van der Waals surface area contributed by atoms with Gasteiger partial charge in [-0.05, 0) is 35.1 Å². The number of likely N-dealkylation sites (N-methyl/N-ethyl adjacent to an activating group) is 2. The molecule has 0 aromatic carbocycles. The molecule has 0 heterocycles. The van der Waals surface area contributed by atoms with Crippen LogP contribution in [0.25, 0.3) is 0 Å². The minimum Gasteiger partial charge on any atom is -0.456 e. The lowest BCUT2D eigenvalue weighted by Crippen LogP contribution is -2.37. The fraction of sp³-hybridized carbons (Fsp3) is 0.727. The van der Waals surface area contributed by atoms with E-state index in [9.17, 15) is 4.79 Å². The highest BCUT2D eigenvalue weighted by Gasteiger charge is 2.14. The Morgan fingerprint density at radius 2 is 1.67 bits per heavy atom. The van der Waals surface area contributed by atoms with Crippen LogP contribution >= 0.6 is 0 Å². The molecule has 0 aromatic heterocycles. The molecule has 0 aliphatic rings. The van der Waals surface area contributed by atoms with Crippen LogP contribution in [0.2, 0.25) is 0 Å². The van der Waals surface area contributed by atoms with E-state index in [0.29, 0.717) is 0 Å². The Hall–Kier alpha value is -0.870. The first-order chi connectivity index (χ1) is 6.95. The Labute approximate surface area is 92.5 Å². The van der Waals surface area contributed by atoms with Gasteiger partial charge in [0.1, 0.15) is 6.10 Å². The first-order valence-electron chi connectivity index (χ1n) is 5.08. The maximum Gasteiger partial charge on any atom is 0.330 e. The zero-order valence-electron chi connectivity index (χ0n) is 10.4. The van der Waals surface area contributed by atoms with Crippen molar-refractivity contribution >= 4 is 5.97 Å². The van der Waals surface area contributed by atoms with E-state index in [0.717, 1.165) is 13.1 Å². The first kappa shape index (κ1) is 14.1. The summed E-state index contributed by atoms with van der Waals surface area (Å²) in [7, 11) is 7.86. The average molecular weight is 214 g/mol. The highest BCUT2D eigenvalue weighted by Crippen LogP contribution is 1.98. The highest BCUT2D eigenvalue weighted by molar-refractivity contribution is 5.81. The quantitative estimate of drug-likeness (QED) is 0.479. The maximum atomic E-state index is 11.3. The summed E-state index contributed by atoms with van der Waals surface area (Å²) in [5.41, 5.74) is 0. The molecule has 0 rings (SSSR count). The lowest BCUT2D eigenvalue weighted by molar-refractivity contribution is -0.144. The molecule has 0 saturated carbocycles. The summed E-state index contributed by atoms with van der Waals surface area (Å²) < 4.78 is 5.30. The highest BCUT2D eigenvalue weighted by atomic mass is 16.5. The van der Waals surface area contributed by atoms with Gasteiger partial charge in [0.05, 0.1) is 0 Å². The Morgan fingerprint density at radius 3 is 2.00 bits per heavy atom. The van der Waals surface area contributed by atoms with Crippen molar-refractivity contribution in [2.75, 3.05) is 41.3 Å². The van der Waals surface area contributed by atoms with E-state index in [2.05, 4.69) is 0 Å². The summed E-state index contributed by atoms with van der Waals surface area (Å²) in [6.45, 7) is 3.27. The molecule has 15 heavy (non-hydrogen) atoms. The topological polar surface area (TPSA) is 32.8 Å². The molecule has 0 atom stereocenters. The van der Waals surface area contributed by atoms with E-state index >= 15 is 0 Å². The molecular weight excluding hydrogens is 192 g/mol. The van der Waals surface area contributed by atoms with Gasteiger partial charge in [0, 0.05) is 19.2 Å². The molecule has 0 radical (unpaired) electrons. The van der Waals surface area contributed by atoms with Crippen molar-refractivity contribution < 1.29 is 9.53 Å². The number of carbonyl (C=O) groups is 1. The van der Waals surface area contributed by atoms with Crippen LogP contribution in [-0.4, -0.2) is 63.2 Å². The van der Waals surface area contributed by atoms with Crippen LogP contribution in [0, 0.1) is 0 Å². The normalized spacial score (nSPS) is 12.0. The third-order valence-electron chi connectivity index (χ3n) is 1.72. The van der Waals surface area contributed by atoms with Gasteiger partial charge in [0.25, 0.3) is 0 Å². The maximum absolute atomic E-state index is 11.3. The number of rotatable bonds is 6. The fourth-order valence-electron chi connectivity index (χ4n) is 1.29. The van der Waals surface area contributed by atoms with E-state index in [1.807, 2.05) is 38.0 Å². The third-order valence-corrected chi connectivity index (χ3v) is 1.72. The Morgan fingerprint density at radius 1 is 1.20 bits per heavy atom. The number of allylic oxidation sites excluding steroid dienone is 1. The van der Waals surface area contributed by atoms with E-state index in [1.165, 1.54) is 6.08 Å². The van der Waals surface area contributed by atoms with Gasteiger partial charge in [-0.2, -0.15) is 0 Å². The molecule has 0 bridgehead atoms. The van der Waals surface area contributed by atoms with Crippen molar-refractivity contribution in [1.29, 1.82) is 0 Å². The SMILES string of the molecule is CC=CC(=O)OC(CN(C)C)CN(C)C. The number of hydrogen-bond acceptors (Lipinski definition) is 4. The lowest BCUT2D eigenvalue weighted by atomic mass is 10.3. The van der Waals surface area contributed by atoms with Crippen molar-refractivity contribution in [2.24, 2.45) is 0 Å². The molecule has 0 amide bonds. The van der Waals surface area contributed by atoms with Gasteiger partial charge in [-0.15, -0.1) is 0 Å². The molecule has 4 heteroatoms. The lowest BCUT2D eigenvalue weighted by Gasteiger charge is -2.23. The second kappa shape index (κ2) is 7.43. The Kier molecular flexibility index (Phi) is 6.99. The second-order valence-corrected chi connectivity index (χ2v) is 4.08. The van der Waals surface area contributed by atoms with Gasteiger partial charge in [-0.3, -0.25) is 0 Å². The standard InChI is InChI=1S/C11H22N2O2/c1-6-7-11(14)15-10(8-12(2)3)9-13(4)5/h6-7,10H,8-9H2,1-5H3. The summed E-state index contributed by atoms with van der Waals surface area (Å²) in [6.07, 6.45) is 3.04. The monoisotopic (exact) mass is 214 g/mol. The van der Waals surface area contributed by atoms with E-state index < -0.39 is 0 Å². The van der Waals surface area contributed by atoms with Crippen molar-refractivity contribution in [3.63, 3.8) is 0 Å². The number of ether oxygens (including phenoxy) is 1. The molecule has 0 N–H and O–H groups in total. The number of esters is 1. The summed E-state index contributed by atoms with van der Waals surface area (Å²) in [5, 5.41) is 0. The molecule has 0 spiro atoms. The van der Waals surface area contributed by atoms with Crippen LogP contribution in [0.3, 0.4) is 0 Å². The van der Waals surface area contributed by atoms with Crippen molar-refractivity contribution in [3.8, 4) is 0 Å². The van der Waals surface area contributed by atoms with Crippen LogP contribution in [0.5, 0.6) is 0 Å². The fourth-order valence-corrected chi connectivity index (χ4v) is 1.29. The molecule has 0 aromatic rings. The Balaban J connectivity index is 4.17. The molecule has 0 unspecified atom stereocenters. The van der Waals surface area contributed by atoms with Gasteiger partial charge in [-0.1, -0.05) is 6.08 Å². The van der Waals surface area contributed by atoms with Crippen LogP contribution in [-0.2, 0) is 9.53 Å². The summed E-state index contributed by atoms with van der Waals surface area (Å²) >= 11 is 0. The van der Waals surface area contributed by atoms with Gasteiger partial charge >= 0.3 is 5.97 Å². The van der Waals surface area contributed by atoms with E-state index in [4.69, 9.17) is 4.74 Å². The van der Waals surface area contributed by atoms with Crippen LogP contribution in [0.1, 0.15) is 6.92 Å². The van der Waals surface area contributed by atoms with Crippen molar-refractivity contribution in [1.82, 2.24) is 9.80 Å². The molecule has 0 aliphatic carbocycles. The second-order valence-electron chi connectivity index (χ2n) is 4.08. The molecule has 0 aliphatic heterocycles.